The van der Waals surface area contributed by atoms with E-state index < -0.39 is 10.0 Å². The second-order valence-electron chi connectivity index (χ2n) is 7.17. The van der Waals surface area contributed by atoms with E-state index in [1.807, 2.05) is 4.90 Å². The predicted octanol–water partition coefficient (Wildman–Crippen LogP) is 2.51. The summed E-state index contributed by atoms with van der Waals surface area (Å²) in [5.41, 5.74) is 0. The average molecular weight is 464 g/mol. The number of hydrogen-bond donors (Lipinski definition) is 1. The molecule has 0 radical (unpaired) electrons. The van der Waals surface area contributed by atoms with Crippen LogP contribution in [0.15, 0.2) is 20.1 Å². The van der Waals surface area contributed by atoms with Crippen molar-refractivity contribution in [2.75, 3.05) is 32.7 Å². The molecule has 2 aliphatic rings. The highest BCUT2D eigenvalue weighted by molar-refractivity contribution is 9.11. The maximum Gasteiger partial charge on any atom is 0.252 e. The summed E-state index contributed by atoms with van der Waals surface area (Å²) >= 11 is 4.54. The monoisotopic (exact) mass is 463 g/mol. The molecule has 26 heavy (non-hydrogen) atoms. The molecule has 1 saturated heterocycles. The van der Waals surface area contributed by atoms with E-state index >= 15 is 0 Å². The molecule has 2 heterocycles. The van der Waals surface area contributed by atoms with E-state index in [9.17, 15) is 13.2 Å². The quantitative estimate of drug-likeness (QED) is 0.727. The number of carbonyl (C=O) groups excluding carboxylic acids is 1. The second kappa shape index (κ2) is 8.68. The van der Waals surface area contributed by atoms with Crippen LogP contribution in [0.4, 0.5) is 0 Å². The van der Waals surface area contributed by atoms with E-state index in [0.29, 0.717) is 42.9 Å². The van der Waals surface area contributed by atoms with Crippen LogP contribution in [0.2, 0.25) is 0 Å². The van der Waals surface area contributed by atoms with E-state index in [0.717, 1.165) is 10.2 Å². The minimum absolute atomic E-state index is 0.0576. The first kappa shape index (κ1) is 20.3. The molecule has 1 aliphatic heterocycles. The highest BCUT2D eigenvalue weighted by Gasteiger charge is 2.30. The topological polar surface area (TPSA) is 69.7 Å². The van der Waals surface area contributed by atoms with Crippen LogP contribution >= 0.6 is 27.3 Å². The fraction of sp³-hybridized carbons (Fsp3) is 0.706. The molecule has 1 saturated carbocycles. The Morgan fingerprint density at radius 1 is 1.23 bits per heavy atom. The Kier molecular flexibility index (Phi) is 6.77. The predicted molar refractivity (Wildman–Crippen MR) is 107 cm³/mol. The molecule has 0 bridgehead atoms. The Morgan fingerprint density at radius 3 is 2.54 bits per heavy atom. The van der Waals surface area contributed by atoms with Gasteiger partial charge in [-0.1, -0.05) is 19.8 Å². The van der Waals surface area contributed by atoms with Gasteiger partial charge < -0.3 is 5.32 Å². The molecule has 6 nitrogen and oxygen atoms in total. The Bertz CT molecular complexity index is 729. The summed E-state index contributed by atoms with van der Waals surface area (Å²) in [7, 11) is -3.43. The summed E-state index contributed by atoms with van der Waals surface area (Å²) in [6.07, 6.45) is 4.69. The van der Waals surface area contributed by atoms with Crippen molar-refractivity contribution in [3.05, 3.63) is 15.9 Å². The van der Waals surface area contributed by atoms with E-state index in [4.69, 9.17) is 0 Å². The van der Waals surface area contributed by atoms with Crippen molar-refractivity contribution in [3.8, 4) is 0 Å². The first-order chi connectivity index (χ1) is 12.4. The van der Waals surface area contributed by atoms with Crippen molar-refractivity contribution in [3.63, 3.8) is 0 Å². The van der Waals surface area contributed by atoms with E-state index in [2.05, 4.69) is 28.2 Å². The average Bonchev–Trinajstić information content (AvgIpc) is 3.05. The van der Waals surface area contributed by atoms with Crippen molar-refractivity contribution in [1.29, 1.82) is 0 Å². The van der Waals surface area contributed by atoms with Crippen LogP contribution < -0.4 is 5.32 Å². The number of halogens is 1. The lowest BCUT2D eigenvalue weighted by atomic mass is 9.86. The third-order valence-corrected chi connectivity index (χ3v) is 9.29. The summed E-state index contributed by atoms with van der Waals surface area (Å²) in [6.45, 7) is 4.56. The molecule has 3 rings (SSSR count). The summed E-state index contributed by atoms with van der Waals surface area (Å²) in [4.78, 5) is 14.4. The van der Waals surface area contributed by atoms with Crippen LogP contribution in [-0.4, -0.2) is 62.3 Å². The van der Waals surface area contributed by atoms with Gasteiger partial charge in [-0.2, -0.15) is 4.31 Å². The molecule has 2 atom stereocenters. The third-order valence-electron chi connectivity index (χ3n) is 5.30. The molecular formula is C17H26BrN3O3S2. The summed E-state index contributed by atoms with van der Waals surface area (Å²) < 4.78 is 28.0. The molecule has 1 aromatic rings. The van der Waals surface area contributed by atoms with Gasteiger partial charge in [0.25, 0.3) is 10.0 Å². The van der Waals surface area contributed by atoms with Crippen LogP contribution in [0.25, 0.3) is 0 Å². The zero-order valence-corrected chi connectivity index (χ0v) is 18.2. The highest BCUT2D eigenvalue weighted by Crippen LogP contribution is 2.29. The van der Waals surface area contributed by atoms with Gasteiger partial charge in [-0.25, -0.2) is 8.42 Å². The Balaban J connectivity index is 1.48. The fourth-order valence-corrected chi connectivity index (χ4v) is 7.26. The number of hydrogen-bond acceptors (Lipinski definition) is 5. The van der Waals surface area contributed by atoms with Crippen LogP contribution in [0.1, 0.15) is 32.6 Å². The van der Waals surface area contributed by atoms with Crippen molar-refractivity contribution in [2.24, 2.45) is 5.92 Å². The smallest absolute Gasteiger partial charge is 0.252 e. The number of nitrogens with zero attached hydrogens (tertiary/aromatic N) is 2. The third kappa shape index (κ3) is 4.86. The number of nitrogens with one attached hydrogen (secondary N) is 1. The van der Waals surface area contributed by atoms with Crippen LogP contribution in [0.3, 0.4) is 0 Å². The number of amides is 1. The zero-order valence-electron chi connectivity index (χ0n) is 15.0. The molecule has 9 heteroatoms. The molecular weight excluding hydrogens is 438 g/mol. The van der Waals surface area contributed by atoms with Crippen LogP contribution in [0.5, 0.6) is 0 Å². The van der Waals surface area contributed by atoms with Crippen molar-refractivity contribution in [2.45, 2.75) is 42.9 Å². The van der Waals surface area contributed by atoms with Crippen LogP contribution in [0, 0.1) is 5.92 Å². The molecule has 0 unspecified atom stereocenters. The molecule has 0 spiro atoms. The van der Waals surface area contributed by atoms with Crippen molar-refractivity contribution in [1.82, 2.24) is 14.5 Å². The van der Waals surface area contributed by atoms with Gasteiger partial charge in [0.05, 0.1) is 10.3 Å². The molecule has 1 amide bonds. The lowest BCUT2D eigenvalue weighted by Gasteiger charge is -2.34. The minimum Gasteiger partial charge on any atom is -0.352 e. The summed E-state index contributed by atoms with van der Waals surface area (Å²) in [5, 5.41) is 3.17. The first-order valence-corrected chi connectivity index (χ1v) is 12.2. The minimum atomic E-state index is -3.43. The van der Waals surface area contributed by atoms with Gasteiger partial charge in [0.2, 0.25) is 5.91 Å². The van der Waals surface area contributed by atoms with Gasteiger partial charge >= 0.3 is 0 Å². The SMILES string of the molecule is C[C@@H]1CCCC[C@@H]1NC(=O)CN1CCN(S(=O)(=O)c2ccc(Br)s2)CC1. The molecule has 0 aromatic carbocycles. The number of rotatable bonds is 5. The number of carbonyl (C=O) groups is 1. The lowest BCUT2D eigenvalue weighted by molar-refractivity contribution is -0.123. The zero-order chi connectivity index (χ0) is 18.7. The lowest BCUT2D eigenvalue weighted by Crippen LogP contribution is -2.52. The van der Waals surface area contributed by atoms with Gasteiger partial charge in [0.1, 0.15) is 4.21 Å². The standard InChI is InChI=1S/C17H26BrN3O3S2/c1-13-4-2-3-5-14(13)19-16(22)12-20-8-10-21(11-9-20)26(23,24)17-7-6-15(18)25-17/h6-7,13-14H,2-5,8-12H2,1H3,(H,19,22)/t13-,14+/m1/s1. The van der Waals surface area contributed by atoms with Gasteiger partial charge in [-0.3, -0.25) is 9.69 Å². The van der Waals surface area contributed by atoms with Crippen molar-refractivity contribution >= 4 is 43.2 Å². The second-order valence-corrected chi connectivity index (χ2v) is 11.8. The number of thiophene rings is 1. The largest absolute Gasteiger partial charge is 0.352 e. The fourth-order valence-electron chi connectivity index (χ4n) is 3.68. The molecule has 1 aliphatic carbocycles. The Morgan fingerprint density at radius 2 is 1.92 bits per heavy atom. The molecule has 1 N–H and O–H groups in total. The summed E-state index contributed by atoms with van der Waals surface area (Å²) in [6, 6.07) is 3.68. The van der Waals surface area contributed by atoms with E-state index in [1.54, 1.807) is 12.1 Å². The first-order valence-electron chi connectivity index (χ1n) is 9.13. The Labute approximate surface area is 168 Å². The molecule has 1 aromatic heterocycles. The molecule has 2 fully saturated rings. The maximum atomic E-state index is 12.6. The van der Waals surface area contributed by atoms with Gasteiger partial charge in [0.15, 0.2) is 0 Å². The van der Waals surface area contributed by atoms with Crippen molar-refractivity contribution < 1.29 is 13.2 Å². The van der Waals surface area contributed by atoms with Gasteiger partial charge in [-0.15, -0.1) is 11.3 Å². The molecule has 146 valence electrons. The Hall–Kier alpha value is -0.480. The van der Waals surface area contributed by atoms with Gasteiger partial charge in [-0.05, 0) is 46.8 Å². The van der Waals surface area contributed by atoms with Crippen LogP contribution in [-0.2, 0) is 14.8 Å². The number of piperazine rings is 1. The normalized spacial score (nSPS) is 25.9. The van der Waals surface area contributed by atoms with Gasteiger partial charge in [0, 0.05) is 32.2 Å². The maximum absolute atomic E-state index is 12.6. The van der Waals surface area contributed by atoms with E-state index in [-0.39, 0.29) is 11.9 Å². The summed E-state index contributed by atoms with van der Waals surface area (Å²) in [5.74, 6) is 0.599. The van der Waals surface area contributed by atoms with E-state index in [1.165, 1.54) is 34.9 Å². The number of sulfonamides is 1. The highest BCUT2D eigenvalue weighted by atomic mass is 79.9.